The molecule has 1 saturated carbocycles. The van der Waals surface area contributed by atoms with Crippen molar-refractivity contribution in [3.63, 3.8) is 0 Å². The van der Waals surface area contributed by atoms with Gasteiger partial charge < -0.3 is 0 Å². The van der Waals surface area contributed by atoms with Crippen molar-refractivity contribution in [3.8, 4) is 0 Å². The van der Waals surface area contributed by atoms with Gasteiger partial charge in [0.05, 0.1) is 5.02 Å². The van der Waals surface area contributed by atoms with E-state index in [0.717, 1.165) is 10.9 Å². The Labute approximate surface area is 63.5 Å². The van der Waals surface area contributed by atoms with E-state index in [2.05, 4.69) is 5.38 Å². The van der Waals surface area contributed by atoms with Gasteiger partial charge in [0.15, 0.2) is 0 Å². The summed E-state index contributed by atoms with van der Waals surface area (Å²) < 4.78 is 0. The molecule has 1 aliphatic carbocycles. The standard InChI is InChI=1S/C7H7ClS/c8-6-3-4-9-7(6)5-1-2-5/h3-5H,1-2H2. The van der Waals surface area contributed by atoms with Crippen LogP contribution >= 0.6 is 22.9 Å². The molecular formula is C7H7ClS. The lowest BCUT2D eigenvalue weighted by atomic mass is 10.3. The first-order valence-electron chi connectivity index (χ1n) is 3.11. The van der Waals surface area contributed by atoms with Crippen molar-refractivity contribution in [2.75, 3.05) is 0 Å². The minimum Gasteiger partial charge on any atom is -0.147 e. The van der Waals surface area contributed by atoms with Crippen LogP contribution in [0, 0.1) is 0 Å². The van der Waals surface area contributed by atoms with Crippen LogP contribution in [0.15, 0.2) is 11.4 Å². The van der Waals surface area contributed by atoms with E-state index in [1.165, 1.54) is 17.7 Å². The van der Waals surface area contributed by atoms with E-state index in [1.54, 1.807) is 11.3 Å². The monoisotopic (exact) mass is 158 g/mol. The molecule has 1 aromatic heterocycles. The summed E-state index contributed by atoms with van der Waals surface area (Å²) in [6, 6.07) is 1.99. The average Bonchev–Trinajstić information content (AvgIpc) is 2.58. The average molecular weight is 159 g/mol. The zero-order valence-corrected chi connectivity index (χ0v) is 6.50. The minimum absolute atomic E-state index is 0.817. The number of hydrogen-bond donors (Lipinski definition) is 0. The number of rotatable bonds is 1. The Balaban J connectivity index is 2.35. The molecule has 0 amide bonds. The fraction of sp³-hybridized carbons (Fsp3) is 0.429. The summed E-state index contributed by atoms with van der Waals surface area (Å²) in [5.41, 5.74) is 0. The van der Waals surface area contributed by atoms with Crippen molar-refractivity contribution in [2.45, 2.75) is 18.8 Å². The van der Waals surface area contributed by atoms with Crippen molar-refractivity contribution >= 4 is 22.9 Å². The predicted octanol–water partition coefficient (Wildman–Crippen LogP) is 3.28. The Hall–Kier alpha value is -0.0100. The molecule has 0 radical (unpaired) electrons. The second kappa shape index (κ2) is 1.99. The third kappa shape index (κ3) is 0.993. The van der Waals surface area contributed by atoms with E-state index >= 15 is 0 Å². The topological polar surface area (TPSA) is 0 Å². The van der Waals surface area contributed by atoms with Crippen LogP contribution in [0.25, 0.3) is 0 Å². The molecule has 0 bridgehead atoms. The molecule has 9 heavy (non-hydrogen) atoms. The molecule has 0 aliphatic heterocycles. The summed E-state index contributed by atoms with van der Waals surface area (Å²) in [5, 5.41) is 3.04. The van der Waals surface area contributed by atoms with E-state index in [-0.39, 0.29) is 0 Å². The highest BCUT2D eigenvalue weighted by Crippen LogP contribution is 2.45. The Morgan fingerprint density at radius 1 is 1.56 bits per heavy atom. The van der Waals surface area contributed by atoms with Crippen LogP contribution in [0.5, 0.6) is 0 Å². The van der Waals surface area contributed by atoms with Crippen molar-refractivity contribution in [3.05, 3.63) is 21.3 Å². The van der Waals surface area contributed by atoms with E-state index in [9.17, 15) is 0 Å². The quantitative estimate of drug-likeness (QED) is 0.589. The summed E-state index contributed by atoms with van der Waals surface area (Å²) in [6.45, 7) is 0. The van der Waals surface area contributed by atoms with Crippen molar-refractivity contribution in [1.82, 2.24) is 0 Å². The fourth-order valence-electron chi connectivity index (χ4n) is 0.942. The molecule has 2 heteroatoms. The number of hydrogen-bond acceptors (Lipinski definition) is 1. The lowest BCUT2D eigenvalue weighted by Gasteiger charge is -1.88. The van der Waals surface area contributed by atoms with Gasteiger partial charge in [-0.1, -0.05) is 11.6 Å². The maximum absolute atomic E-state index is 5.89. The molecule has 2 rings (SSSR count). The van der Waals surface area contributed by atoms with Crippen LogP contribution in [0.1, 0.15) is 23.6 Å². The highest BCUT2D eigenvalue weighted by atomic mass is 35.5. The maximum Gasteiger partial charge on any atom is 0.0547 e. The van der Waals surface area contributed by atoms with Gasteiger partial charge in [-0.05, 0) is 30.2 Å². The largest absolute Gasteiger partial charge is 0.147 e. The van der Waals surface area contributed by atoms with Crippen molar-refractivity contribution < 1.29 is 0 Å². The first-order valence-corrected chi connectivity index (χ1v) is 4.36. The summed E-state index contributed by atoms with van der Waals surface area (Å²) in [4.78, 5) is 1.40. The number of halogens is 1. The van der Waals surface area contributed by atoms with Gasteiger partial charge in [-0.25, -0.2) is 0 Å². The molecule has 48 valence electrons. The third-order valence-corrected chi connectivity index (χ3v) is 3.11. The highest BCUT2D eigenvalue weighted by molar-refractivity contribution is 7.10. The zero-order chi connectivity index (χ0) is 6.27. The van der Waals surface area contributed by atoms with Crippen LogP contribution < -0.4 is 0 Å². The predicted molar refractivity (Wildman–Crippen MR) is 41.3 cm³/mol. The van der Waals surface area contributed by atoms with E-state index < -0.39 is 0 Å². The molecule has 0 unspecified atom stereocenters. The van der Waals surface area contributed by atoms with Crippen LogP contribution in [0.3, 0.4) is 0 Å². The molecule has 1 heterocycles. The van der Waals surface area contributed by atoms with Gasteiger partial charge in [0.25, 0.3) is 0 Å². The number of thiophene rings is 1. The summed E-state index contributed by atoms with van der Waals surface area (Å²) >= 11 is 7.67. The Morgan fingerprint density at radius 3 is 2.78 bits per heavy atom. The Bertz CT molecular complexity index is 212. The zero-order valence-electron chi connectivity index (χ0n) is 4.93. The van der Waals surface area contributed by atoms with Gasteiger partial charge in [0.2, 0.25) is 0 Å². The van der Waals surface area contributed by atoms with E-state index in [4.69, 9.17) is 11.6 Å². The van der Waals surface area contributed by atoms with Gasteiger partial charge in [0, 0.05) is 4.88 Å². The normalized spacial score (nSPS) is 18.3. The van der Waals surface area contributed by atoms with Crippen LogP contribution in [0.2, 0.25) is 5.02 Å². The Kier molecular flexibility index (Phi) is 1.27. The van der Waals surface area contributed by atoms with Crippen molar-refractivity contribution in [2.24, 2.45) is 0 Å². The Morgan fingerprint density at radius 2 is 2.33 bits per heavy atom. The molecule has 0 saturated heterocycles. The smallest absolute Gasteiger partial charge is 0.0547 e. The first-order chi connectivity index (χ1) is 4.38. The van der Waals surface area contributed by atoms with Crippen LogP contribution in [-0.4, -0.2) is 0 Å². The molecule has 1 fully saturated rings. The molecule has 0 spiro atoms. The molecule has 1 aliphatic rings. The summed E-state index contributed by atoms with van der Waals surface area (Å²) in [7, 11) is 0. The third-order valence-electron chi connectivity index (χ3n) is 1.59. The van der Waals surface area contributed by atoms with Crippen molar-refractivity contribution in [1.29, 1.82) is 0 Å². The van der Waals surface area contributed by atoms with Gasteiger partial charge in [-0.2, -0.15) is 0 Å². The summed E-state index contributed by atoms with van der Waals surface area (Å²) in [5.74, 6) is 0.817. The molecule has 0 aromatic carbocycles. The van der Waals surface area contributed by atoms with E-state index in [1.807, 2.05) is 6.07 Å². The maximum atomic E-state index is 5.89. The lowest BCUT2D eigenvalue weighted by molar-refractivity contribution is 1.18. The highest BCUT2D eigenvalue weighted by Gasteiger charge is 2.26. The van der Waals surface area contributed by atoms with Crippen LogP contribution in [-0.2, 0) is 0 Å². The molecular weight excluding hydrogens is 152 g/mol. The fourth-order valence-corrected chi connectivity index (χ4v) is 2.33. The van der Waals surface area contributed by atoms with Gasteiger partial charge in [-0.15, -0.1) is 11.3 Å². The van der Waals surface area contributed by atoms with Gasteiger partial charge >= 0.3 is 0 Å². The molecule has 1 aromatic rings. The SMILES string of the molecule is Clc1ccsc1C1CC1. The second-order valence-electron chi connectivity index (χ2n) is 2.41. The molecule has 0 atom stereocenters. The van der Waals surface area contributed by atoms with Gasteiger partial charge in [-0.3, -0.25) is 0 Å². The van der Waals surface area contributed by atoms with Crippen LogP contribution in [0.4, 0.5) is 0 Å². The molecule has 0 N–H and O–H groups in total. The first kappa shape index (κ1) is 5.75. The summed E-state index contributed by atoms with van der Waals surface area (Å²) in [6.07, 6.45) is 2.69. The molecule has 0 nitrogen and oxygen atoms in total. The van der Waals surface area contributed by atoms with Gasteiger partial charge in [0.1, 0.15) is 0 Å². The van der Waals surface area contributed by atoms with E-state index in [0.29, 0.717) is 0 Å². The lowest BCUT2D eigenvalue weighted by Crippen LogP contribution is -1.67. The second-order valence-corrected chi connectivity index (χ2v) is 3.76. The minimum atomic E-state index is 0.817.